The van der Waals surface area contributed by atoms with Crippen molar-refractivity contribution in [3.05, 3.63) is 188 Å². The molecule has 2 atom stereocenters. The molecular formula is C58H62BN9O6. The van der Waals surface area contributed by atoms with Gasteiger partial charge in [-0.15, -0.1) is 10.2 Å². The Hall–Kier alpha value is -6.85. The van der Waals surface area contributed by atoms with E-state index in [-0.39, 0.29) is 40.6 Å². The largest absolute Gasteiger partial charge is 0.406 e. The van der Waals surface area contributed by atoms with E-state index < -0.39 is 6.10 Å². The number of ether oxygens (including phenoxy) is 1. The van der Waals surface area contributed by atoms with E-state index in [1.54, 1.807) is 69.1 Å². The summed E-state index contributed by atoms with van der Waals surface area (Å²) in [4.78, 5) is 39.9. The van der Waals surface area contributed by atoms with E-state index in [1.165, 1.54) is 65.2 Å². The van der Waals surface area contributed by atoms with Crippen molar-refractivity contribution in [3.8, 4) is 0 Å². The molecule has 1 N–H and O–H groups in total. The van der Waals surface area contributed by atoms with Crippen LogP contribution in [0.3, 0.4) is 0 Å². The Kier molecular flexibility index (Phi) is 12.4. The fraction of sp³-hybridized carbons (Fsp3) is 0.397. The normalized spacial score (nSPS) is 24.9. The minimum absolute atomic E-state index is 0.0703. The molecule has 0 radical (unpaired) electrons. The van der Waals surface area contributed by atoms with Gasteiger partial charge in [0.05, 0.1) is 23.5 Å². The first-order valence-corrected chi connectivity index (χ1v) is 26.3. The number of pyridine rings is 2. The van der Waals surface area contributed by atoms with Crippen LogP contribution in [0.2, 0.25) is 6.82 Å². The van der Waals surface area contributed by atoms with Gasteiger partial charge in [0.2, 0.25) is 5.78 Å². The Morgan fingerprint density at radius 1 is 0.662 bits per heavy atom. The van der Waals surface area contributed by atoms with Gasteiger partial charge >= 0.3 is 7.05 Å². The molecule has 9 aliphatic rings. The Morgan fingerprint density at radius 3 is 1.78 bits per heavy atom. The van der Waals surface area contributed by atoms with Crippen molar-refractivity contribution in [1.82, 2.24) is 43.9 Å². The lowest BCUT2D eigenvalue weighted by atomic mass is 9.50. The van der Waals surface area contributed by atoms with Gasteiger partial charge in [-0.25, -0.2) is 9.36 Å². The predicted octanol–water partition coefficient (Wildman–Crippen LogP) is 7.93. The topological polar surface area (TPSA) is 164 Å². The number of rotatable bonds is 8. The first-order valence-electron chi connectivity index (χ1n) is 26.3. The van der Waals surface area contributed by atoms with Crippen molar-refractivity contribution in [3.63, 3.8) is 0 Å². The molecule has 6 aliphatic carbocycles. The maximum Gasteiger partial charge on any atom is 0.380 e. The van der Waals surface area contributed by atoms with Crippen LogP contribution < -0.4 is 11.1 Å². The maximum atomic E-state index is 12.9. The molecule has 9 fully saturated rings. The third-order valence-corrected chi connectivity index (χ3v) is 17.1. The fourth-order valence-corrected chi connectivity index (χ4v) is 12.8. The van der Waals surface area contributed by atoms with Gasteiger partial charge in [-0.05, 0) is 141 Å². The molecule has 15 nitrogen and oxygen atoms in total. The highest BCUT2D eigenvalue weighted by atomic mass is 16.5. The molecule has 16 heteroatoms. The molecule has 8 aromatic rings. The molecule has 4 aromatic heterocycles. The number of aliphatic hydroxyl groups is 1. The molecular weight excluding hydrogens is 930 g/mol. The average Bonchev–Trinajstić information content (AvgIpc) is 4.27. The summed E-state index contributed by atoms with van der Waals surface area (Å²) in [5.74, 6) is 1.51. The van der Waals surface area contributed by atoms with Gasteiger partial charge in [0, 0.05) is 62.1 Å². The van der Waals surface area contributed by atoms with Gasteiger partial charge in [-0.2, -0.15) is 0 Å². The van der Waals surface area contributed by atoms with Crippen molar-refractivity contribution < 1.29 is 19.3 Å². The lowest BCUT2D eigenvalue weighted by Gasteiger charge is -2.61. The lowest BCUT2D eigenvalue weighted by molar-refractivity contribution is -0.0990. The van der Waals surface area contributed by atoms with E-state index in [0.29, 0.717) is 44.7 Å². The summed E-state index contributed by atoms with van der Waals surface area (Å²) in [6.45, 7) is 5.33. The van der Waals surface area contributed by atoms with Gasteiger partial charge < -0.3 is 28.4 Å². The Balaban J connectivity index is 0.000000108. The molecule has 4 bridgehead atoms. The minimum atomic E-state index is -0.887. The van der Waals surface area contributed by atoms with Gasteiger partial charge in [-0.3, -0.25) is 14.4 Å². The van der Waals surface area contributed by atoms with Crippen LogP contribution in [0.1, 0.15) is 109 Å². The maximum absolute atomic E-state index is 12.9. The summed E-state index contributed by atoms with van der Waals surface area (Å²) >= 11 is 0. The molecule has 3 saturated heterocycles. The summed E-state index contributed by atoms with van der Waals surface area (Å²) in [6.07, 6.45) is 18.1. The molecule has 0 amide bonds. The number of carbonyl (C=O) groups is 1. The first kappa shape index (κ1) is 48.1. The summed E-state index contributed by atoms with van der Waals surface area (Å²) < 4.78 is 18.4. The summed E-state index contributed by atoms with van der Waals surface area (Å²) in [5.41, 5.74) is 4.38. The van der Waals surface area contributed by atoms with Crippen LogP contribution >= 0.6 is 0 Å². The molecule has 7 heterocycles. The monoisotopic (exact) mass is 991 g/mol. The molecule has 3 aliphatic heterocycles. The van der Waals surface area contributed by atoms with E-state index in [1.807, 2.05) is 27.7 Å². The lowest BCUT2D eigenvalue weighted by Crippen LogP contribution is -2.59. The van der Waals surface area contributed by atoms with Crippen LogP contribution in [0.25, 0.3) is 21.5 Å². The highest BCUT2D eigenvalue weighted by molar-refractivity contribution is 6.48. The second-order valence-electron chi connectivity index (χ2n) is 21.7. The molecule has 6 saturated carbocycles. The molecule has 1 unspecified atom stereocenters. The Labute approximate surface area is 429 Å². The van der Waals surface area contributed by atoms with Crippen LogP contribution in [-0.4, -0.2) is 87.7 Å². The fourth-order valence-electron chi connectivity index (χ4n) is 12.8. The number of hydrogen-bond acceptors (Lipinski definition) is 11. The molecule has 4 aromatic carbocycles. The molecule has 17 rings (SSSR count). The van der Waals surface area contributed by atoms with Crippen LogP contribution in [0.5, 0.6) is 0 Å². The third-order valence-electron chi connectivity index (χ3n) is 17.1. The zero-order chi connectivity index (χ0) is 50.8. The second kappa shape index (κ2) is 19.1. The van der Waals surface area contributed by atoms with E-state index in [4.69, 9.17) is 9.39 Å². The number of aryl methyl sites for hydroxylation is 2. The SMILES string of the molecule is C1CCOC1.CB1OC(c2ccccc2)(c2ccccc2)[C@H]2CCCN12.Cn1ccc2c(C(=O)c3cn(C45CC(C4)C5)nn3)cccc2c1=O.Cn1ccc2c(C(O)c3cn(C45CC(C4)C5)nn3)cccc2c1=O. The third kappa shape index (κ3) is 8.17. The predicted molar refractivity (Wildman–Crippen MR) is 283 cm³/mol. The number of nitrogens with zero attached hydrogens (tertiary/aromatic N) is 9. The summed E-state index contributed by atoms with van der Waals surface area (Å²) in [7, 11) is 3.60. The van der Waals surface area contributed by atoms with Crippen molar-refractivity contribution >= 4 is 34.4 Å². The standard InChI is InChI=1S/C18H20BNO.C18H18N4O2.C18H16N4O2.C4H8O/c1-19-20-14-8-13-17(20)18(21-19,15-9-4-2-5-10-15)16-11-6-3-7-12-16;2*1-21-6-5-12-13(3-2-4-14(12)17(21)24)16(23)15-10-22(20-19-15)18-7-11(8-18)9-18;1-2-4-5-3-1/h2-7,9-12,17H,8,13-14H2,1H3;2-6,10-11,16,23H,7-9H2,1H3;2-6,10-11H,7-9H2,1H3;1-4H2/t17-;;;/m1.../s1. The quantitative estimate of drug-likeness (QED) is 0.116. The van der Waals surface area contributed by atoms with Crippen molar-refractivity contribution in [1.29, 1.82) is 0 Å². The molecule has 0 spiro atoms. The van der Waals surface area contributed by atoms with Crippen LogP contribution in [0.15, 0.2) is 144 Å². The van der Waals surface area contributed by atoms with E-state index in [9.17, 15) is 19.5 Å². The number of benzene rings is 4. The number of aliphatic hydroxyl groups excluding tert-OH is 1. The van der Waals surface area contributed by atoms with Gasteiger partial charge in [0.25, 0.3) is 11.1 Å². The Bertz CT molecular complexity index is 3420. The molecule has 74 heavy (non-hydrogen) atoms. The molecule has 378 valence electrons. The van der Waals surface area contributed by atoms with Gasteiger partial charge in [0.1, 0.15) is 17.4 Å². The van der Waals surface area contributed by atoms with Crippen LogP contribution in [0, 0.1) is 11.8 Å². The second-order valence-corrected chi connectivity index (χ2v) is 21.7. The highest BCUT2D eigenvalue weighted by Crippen LogP contribution is 2.62. The van der Waals surface area contributed by atoms with Gasteiger partial charge in [0.15, 0.2) is 5.69 Å². The zero-order valence-electron chi connectivity index (χ0n) is 42.3. The van der Waals surface area contributed by atoms with E-state index >= 15 is 0 Å². The number of ketones is 1. The van der Waals surface area contributed by atoms with Gasteiger partial charge in [-0.1, -0.05) is 95.4 Å². The number of fused-ring (bicyclic) bond motifs is 3. The van der Waals surface area contributed by atoms with E-state index in [0.717, 1.165) is 56.2 Å². The number of hydrogen-bond donors (Lipinski definition) is 1. The minimum Gasteiger partial charge on any atom is -0.406 e. The van der Waals surface area contributed by atoms with Crippen LogP contribution in [-0.2, 0) is 40.2 Å². The smallest absolute Gasteiger partial charge is 0.380 e. The van der Waals surface area contributed by atoms with Crippen LogP contribution in [0.4, 0.5) is 0 Å². The summed E-state index contributed by atoms with van der Waals surface area (Å²) in [5, 5.41) is 30.1. The van der Waals surface area contributed by atoms with Crippen molar-refractivity contribution in [2.75, 3.05) is 19.8 Å². The summed E-state index contributed by atoms with van der Waals surface area (Å²) in [6, 6.07) is 36.2. The Morgan fingerprint density at radius 2 is 1.22 bits per heavy atom. The first-order chi connectivity index (χ1) is 36.0. The highest BCUT2D eigenvalue weighted by Gasteiger charge is 2.60. The van der Waals surface area contributed by atoms with Crippen molar-refractivity contribution in [2.45, 2.75) is 99.9 Å². The van der Waals surface area contributed by atoms with Crippen molar-refractivity contribution in [2.24, 2.45) is 25.9 Å². The number of carbonyl (C=O) groups excluding carboxylic acids is 1. The van der Waals surface area contributed by atoms with E-state index in [2.05, 4.69) is 92.9 Å². The average molecular weight is 992 g/mol. The zero-order valence-corrected chi connectivity index (χ0v) is 42.3. The number of aromatic nitrogens is 8.